The molecule has 0 saturated heterocycles. The van der Waals surface area contributed by atoms with Gasteiger partial charge in [-0.3, -0.25) is 4.57 Å². The zero-order valence-electron chi connectivity index (χ0n) is 17.1. The van der Waals surface area contributed by atoms with Crippen molar-refractivity contribution in [3.05, 3.63) is 69.3 Å². The lowest BCUT2D eigenvalue weighted by atomic mass is 10.0. The smallest absolute Gasteiger partial charge is 0.408 e. The molecule has 0 fully saturated rings. The highest BCUT2D eigenvalue weighted by Crippen LogP contribution is 2.25. The number of hydrogen-bond donors (Lipinski definition) is 2. The third-order valence-electron chi connectivity index (χ3n) is 5.21. The van der Waals surface area contributed by atoms with Gasteiger partial charge in [0, 0.05) is 33.0 Å². The Morgan fingerprint density at radius 1 is 0.966 bits per heavy atom. The summed E-state index contributed by atoms with van der Waals surface area (Å²) in [5.74, 6) is 0.819. The molecule has 0 bridgehead atoms. The van der Waals surface area contributed by atoms with Crippen molar-refractivity contribution in [1.82, 2.24) is 14.5 Å². The quantitative estimate of drug-likeness (QED) is 0.500. The van der Waals surface area contributed by atoms with Crippen molar-refractivity contribution < 1.29 is 7.27 Å². The highest BCUT2D eigenvalue weighted by Gasteiger charge is 2.10. The topological polar surface area (TPSA) is 85.0 Å². The molecule has 0 unspecified atom stereocenters. The van der Waals surface area contributed by atoms with E-state index in [1.54, 1.807) is 19.3 Å². The molecule has 0 aliphatic carbocycles. The van der Waals surface area contributed by atoms with Crippen LogP contribution in [0.2, 0.25) is 0 Å². The van der Waals surface area contributed by atoms with Gasteiger partial charge in [-0.1, -0.05) is 0 Å². The lowest BCUT2D eigenvalue weighted by molar-refractivity contribution is 0.528. The standard InChI is InChI=1S/C22H23N5O2.2H2/c1-12-8-17(9-13(2)15(12)4)25-21-23-11-14(3)20(26-21)24-16-6-7-19-18(10-16)27(5)22(28)29-19;;/h6-11H,1-5H3,(H2,23,24,25,26);2*1H. The molecule has 4 rings (SSSR count). The second-order valence-electron chi connectivity index (χ2n) is 7.32. The Morgan fingerprint density at radius 2 is 1.69 bits per heavy atom. The summed E-state index contributed by atoms with van der Waals surface area (Å²) in [6, 6.07) is 9.67. The van der Waals surface area contributed by atoms with Crippen molar-refractivity contribution in [2.45, 2.75) is 27.7 Å². The first-order valence-corrected chi connectivity index (χ1v) is 9.37. The predicted molar refractivity (Wildman–Crippen MR) is 120 cm³/mol. The minimum absolute atomic E-state index is 0. The van der Waals surface area contributed by atoms with Crippen LogP contribution in [-0.4, -0.2) is 14.5 Å². The Morgan fingerprint density at radius 3 is 2.41 bits per heavy atom. The van der Waals surface area contributed by atoms with Crippen molar-refractivity contribution in [3.8, 4) is 0 Å². The van der Waals surface area contributed by atoms with Gasteiger partial charge in [-0.2, -0.15) is 4.98 Å². The van der Waals surface area contributed by atoms with Gasteiger partial charge >= 0.3 is 5.76 Å². The summed E-state index contributed by atoms with van der Waals surface area (Å²) < 4.78 is 6.66. The molecular weight excluding hydrogens is 366 g/mol. The molecule has 0 spiro atoms. The van der Waals surface area contributed by atoms with Gasteiger partial charge in [0.15, 0.2) is 5.58 Å². The minimum atomic E-state index is -0.384. The molecule has 0 aliphatic heterocycles. The van der Waals surface area contributed by atoms with E-state index in [0.29, 0.717) is 17.3 Å². The molecule has 2 aromatic carbocycles. The fourth-order valence-corrected chi connectivity index (χ4v) is 3.21. The van der Waals surface area contributed by atoms with Crippen molar-refractivity contribution in [1.29, 1.82) is 0 Å². The van der Waals surface area contributed by atoms with Gasteiger partial charge in [-0.15, -0.1) is 0 Å². The van der Waals surface area contributed by atoms with Crippen molar-refractivity contribution in [2.75, 3.05) is 10.6 Å². The minimum Gasteiger partial charge on any atom is -0.408 e. The van der Waals surface area contributed by atoms with E-state index in [0.717, 1.165) is 22.5 Å². The van der Waals surface area contributed by atoms with Crippen LogP contribution in [0, 0.1) is 27.7 Å². The van der Waals surface area contributed by atoms with E-state index in [2.05, 4.69) is 53.5 Å². The molecule has 7 nitrogen and oxygen atoms in total. The molecule has 0 atom stereocenters. The van der Waals surface area contributed by atoms with E-state index < -0.39 is 0 Å². The molecule has 7 heteroatoms. The summed E-state index contributed by atoms with van der Waals surface area (Å²) in [6.07, 6.45) is 1.78. The fraction of sp³-hybridized carbons (Fsp3) is 0.227. The zero-order valence-corrected chi connectivity index (χ0v) is 17.1. The van der Waals surface area contributed by atoms with E-state index in [1.807, 2.05) is 19.1 Å². The van der Waals surface area contributed by atoms with Crippen LogP contribution in [0.4, 0.5) is 23.1 Å². The van der Waals surface area contributed by atoms with E-state index in [4.69, 9.17) is 4.42 Å². The van der Waals surface area contributed by atoms with Crippen LogP contribution in [0.25, 0.3) is 11.1 Å². The Labute approximate surface area is 171 Å². The second-order valence-corrected chi connectivity index (χ2v) is 7.32. The van der Waals surface area contributed by atoms with Gasteiger partial charge in [0.2, 0.25) is 5.95 Å². The van der Waals surface area contributed by atoms with E-state index in [9.17, 15) is 4.79 Å². The number of rotatable bonds is 4. The molecule has 4 aromatic rings. The maximum Gasteiger partial charge on any atom is 0.419 e. The van der Waals surface area contributed by atoms with Crippen LogP contribution in [0.15, 0.2) is 45.7 Å². The van der Waals surface area contributed by atoms with Crippen molar-refractivity contribution in [2.24, 2.45) is 7.05 Å². The highest BCUT2D eigenvalue weighted by molar-refractivity contribution is 5.79. The molecule has 0 radical (unpaired) electrons. The molecule has 2 N–H and O–H groups in total. The first-order valence-electron chi connectivity index (χ1n) is 9.37. The Hall–Kier alpha value is -3.61. The molecule has 29 heavy (non-hydrogen) atoms. The molecule has 152 valence electrons. The SMILES string of the molecule is Cc1cnc(Nc2cc(C)c(C)c(C)c2)nc1Nc1ccc2oc(=O)n(C)c2c1.[HH].[HH]. The van der Waals surface area contributed by atoms with Gasteiger partial charge in [-0.05, 0) is 74.7 Å². The monoisotopic (exact) mass is 393 g/mol. The second kappa shape index (κ2) is 7.09. The zero-order chi connectivity index (χ0) is 20.7. The van der Waals surface area contributed by atoms with Gasteiger partial charge in [-0.25, -0.2) is 9.78 Å². The van der Waals surface area contributed by atoms with Gasteiger partial charge in [0.25, 0.3) is 0 Å². The molecule has 0 amide bonds. The molecule has 2 heterocycles. The number of nitrogens with zero attached hydrogens (tertiary/aromatic N) is 3. The lowest BCUT2D eigenvalue weighted by Gasteiger charge is -2.13. The summed E-state index contributed by atoms with van der Waals surface area (Å²) in [4.78, 5) is 20.7. The molecule has 0 aliphatic rings. The van der Waals surface area contributed by atoms with Crippen molar-refractivity contribution in [3.63, 3.8) is 0 Å². The number of oxazole rings is 1. The van der Waals surface area contributed by atoms with Crippen LogP contribution in [-0.2, 0) is 7.05 Å². The van der Waals surface area contributed by atoms with Crippen LogP contribution in [0.1, 0.15) is 25.1 Å². The maximum atomic E-state index is 11.7. The number of fused-ring (bicyclic) bond motifs is 1. The Bertz CT molecular complexity index is 1270. The van der Waals surface area contributed by atoms with Gasteiger partial charge < -0.3 is 15.1 Å². The van der Waals surface area contributed by atoms with E-state index in [1.165, 1.54) is 21.3 Å². The third-order valence-corrected chi connectivity index (χ3v) is 5.21. The summed E-state index contributed by atoms with van der Waals surface area (Å²) in [5.41, 5.74) is 7.67. The largest absolute Gasteiger partial charge is 0.419 e. The summed E-state index contributed by atoms with van der Waals surface area (Å²) in [7, 11) is 1.68. The summed E-state index contributed by atoms with van der Waals surface area (Å²) >= 11 is 0. The fourth-order valence-electron chi connectivity index (χ4n) is 3.21. The summed E-state index contributed by atoms with van der Waals surface area (Å²) in [5, 5.41) is 6.60. The number of aromatic nitrogens is 3. The average Bonchev–Trinajstić information content (AvgIpc) is 2.96. The molecule has 0 saturated carbocycles. The van der Waals surface area contributed by atoms with Gasteiger partial charge in [0.1, 0.15) is 5.82 Å². The normalized spacial score (nSPS) is 11.1. The van der Waals surface area contributed by atoms with Crippen molar-refractivity contribution >= 4 is 34.2 Å². The number of nitrogens with one attached hydrogen (secondary N) is 2. The van der Waals surface area contributed by atoms with Crippen LogP contribution < -0.4 is 16.4 Å². The Kier molecular flexibility index (Phi) is 4.58. The first kappa shape index (κ1) is 18.7. The van der Waals surface area contributed by atoms with Gasteiger partial charge in [0.05, 0.1) is 5.52 Å². The maximum absolute atomic E-state index is 11.7. The van der Waals surface area contributed by atoms with E-state index >= 15 is 0 Å². The summed E-state index contributed by atoms with van der Waals surface area (Å²) in [6.45, 7) is 8.25. The average molecular weight is 393 g/mol. The lowest BCUT2D eigenvalue weighted by Crippen LogP contribution is -2.08. The van der Waals surface area contributed by atoms with E-state index in [-0.39, 0.29) is 8.61 Å². The van der Waals surface area contributed by atoms with Crippen LogP contribution >= 0.6 is 0 Å². The number of anilines is 4. The van der Waals surface area contributed by atoms with Crippen LogP contribution in [0.5, 0.6) is 0 Å². The predicted octanol–water partition coefficient (Wildman–Crippen LogP) is 5.13. The first-order chi connectivity index (χ1) is 13.8. The van der Waals surface area contributed by atoms with Crippen LogP contribution in [0.3, 0.4) is 0 Å². The third kappa shape index (κ3) is 3.59. The highest BCUT2D eigenvalue weighted by atomic mass is 16.4. The molecular formula is C22H27N5O2. The number of aryl methyl sites for hydroxylation is 4. The molecule has 2 aromatic heterocycles. The number of hydrogen-bond acceptors (Lipinski definition) is 6. The number of benzene rings is 2. The Balaban J connectivity index is 0.00000171.